The van der Waals surface area contributed by atoms with E-state index >= 15 is 0 Å². The Morgan fingerprint density at radius 1 is 0.880 bits per heavy atom. The van der Waals surface area contributed by atoms with Crippen LogP contribution in [0.2, 0.25) is 0 Å². The molecule has 2 rings (SSSR count). The van der Waals surface area contributed by atoms with Gasteiger partial charge in [-0.3, -0.25) is 9.10 Å². The van der Waals surface area contributed by atoms with E-state index in [0.29, 0.717) is 30.9 Å². The van der Waals surface area contributed by atoms with Crippen LogP contribution in [0.4, 0.5) is 5.69 Å². The van der Waals surface area contributed by atoms with Crippen molar-refractivity contribution in [3.63, 3.8) is 0 Å². The van der Waals surface area contributed by atoms with Crippen LogP contribution in [0, 0.1) is 0 Å². The molecule has 2 aromatic carbocycles. The van der Waals surface area contributed by atoms with Crippen molar-refractivity contribution in [3.05, 3.63) is 60.2 Å². The van der Waals surface area contributed by atoms with Crippen LogP contribution in [0.25, 0.3) is 0 Å². The maximum absolute atomic E-state index is 13.0. The van der Waals surface area contributed by atoms with Crippen LogP contribution in [0.3, 0.4) is 0 Å². The Kier molecular flexibility index (Phi) is 6.20. The molecule has 0 heterocycles. The SMILES string of the molecule is CCN(CC)C(=O)c1cccc(S(=O)(=O)N(CC)c2ccccc2)c1. The summed E-state index contributed by atoms with van der Waals surface area (Å²) >= 11 is 0. The number of anilines is 1. The molecule has 0 spiro atoms. The fourth-order valence-electron chi connectivity index (χ4n) is 2.70. The average Bonchev–Trinajstić information content (AvgIpc) is 2.64. The molecule has 0 aliphatic heterocycles. The molecule has 0 N–H and O–H groups in total. The monoisotopic (exact) mass is 360 g/mol. The number of rotatable bonds is 7. The summed E-state index contributed by atoms with van der Waals surface area (Å²) in [6, 6.07) is 15.2. The van der Waals surface area contributed by atoms with Crippen molar-refractivity contribution in [2.45, 2.75) is 25.7 Å². The predicted molar refractivity (Wildman–Crippen MR) is 100 cm³/mol. The maximum atomic E-state index is 13.0. The van der Waals surface area contributed by atoms with Crippen LogP contribution >= 0.6 is 0 Å². The Balaban J connectivity index is 2.43. The molecular formula is C19H24N2O3S. The zero-order valence-electron chi connectivity index (χ0n) is 14.8. The second kappa shape index (κ2) is 8.16. The second-order valence-corrected chi connectivity index (χ2v) is 7.37. The molecule has 0 aliphatic carbocycles. The predicted octanol–water partition coefficient (Wildman–Crippen LogP) is 3.38. The number of amides is 1. The van der Waals surface area contributed by atoms with E-state index in [2.05, 4.69) is 0 Å². The van der Waals surface area contributed by atoms with E-state index in [1.807, 2.05) is 19.9 Å². The Hall–Kier alpha value is -2.34. The molecule has 0 aliphatic rings. The number of nitrogens with zero attached hydrogens (tertiary/aromatic N) is 2. The molecule has 5 nitrogen and oxygen atoms in total. The molecule has 0 atom stereocenters. The van der Waals surface area contributed by atoms with Gasteiger partial charge >= 0.3 is 0 Å². The fraction of sp³-hybridized carbons (Fsp3) is 0.316. The lowest BCUT2D eigenvalue weighted by Gasteiger charge is -2.23. The first kappa shape index (κ1) is 19.0. The van der Waals surface area contributed by atoms with Gasteiger partial charge < -0.3 is 4.90 Å². The summed E-state index contributed by atoms with van der Waals surface area (Å²) < 4.78 is 27.4. The summed E-state index contributed by atoms with van der Waals surface area (Å²) in [5.74, 6) is -0.162. The third-order valence-corrected chi connectivity index (χ3v) is 5.95. The topological polar surface area (TPSA) is 57.7 Å². The van der Waals surface area contributed by atoms with Gasteiger partial charge in [-0.15, -0.1) is 0 Å². The average molecular weight is 360 g/mol. The molecular weight excluding hydrogens is 336 g/mol. The summed E-state index contributed by atoms with van der Waals surface area (Å²) in [7, 11) is -3.74. The van der Waals surface area contributed by atoms with E-state index in [1.54, 1.807) is 48.2 Å². The van der Waals surface area contributed by atoms with Gasteiger partial charge in [0.2, 0.25) is 0 Å². The number of hydrogen-bond acceptors (Lipinski definition) is 3. The third kappa shape index (κ3) is 4.02. The molecule has 2 aromatic rings. The highest BCUT2D eigenvalue weighted by atomic mass is 32.2. The van der Waals surface area contributed by atoms with Crippen LogP contribution in [-0.2, 0) is 10.0 Å². The molecule has 0 aromatic heterocycles. The van der Waals surface area contributed by atoms with E-state index in [0.717, 1.165) is 0 Å². The van der Waals surface area contributed by atoms with Crippen molar-refractivity contribution in [1.29, 1.82) is 0 Å². The van der Waals surface area contributed by atoms with Crippen molar-refractivity contribution in [2.75, 3.05) is 23.9 Å². The lowest BCUT2D eigenvalue weighted by atomic mass is 10.2. The molecule has 0 saturated heterocycles. The minimum Gasteiger partial charge on any atom is -0.339 e. The van der Waals surface area contributed by atoms with Gasteiger partial charge in [0, 0.05) is 25.2 Å². The molecule has 0 bridgehead atoms. The van der Waals surface area contributed by atoms with E-state index in [-0.39, 0.29) is 10.8 Å². The minimum absolute atomic E-state index is 0.121. The summed E-state index contributed by atoms with van der Waals surface area (Å²) in [4.78, 5) is 14.3. The quantitative estimate of drug-likeness (QED) is 0.760. The maximum Gasteiger partial charge on any atom is 0.264 e. The molecule has 0 saturated carbocycles. The number of para-hydroxylation sites is 1. The van der Waals surface area contributed by atoms with Crippen LogP contribution in [0.5, 0.6) is 0 Å². The van der Waals surface area contributed by atoms with Crippen LogP contribution < -0.4 is 4.31 Å². The number of benzene rings is 2. The molecule has 0 radical (unpaired) electrons. The first-order valence-electron chi connectivity index (χ1n) is 8.42. The molecule has 6 heteroatoms. The van der Waals surface area contributed by atoms with Gasteiger partial charge in [0.25, 0.3) is 15.9 Å². The summed E-state index contributed by atoms with van der Waals surface area (Å²) in [6.07, 6.45) is 0. The molecule has 1 amide bonds. The van der Waals surface area contributed by atoms with Gasteiger partial charge in [-0.1, -0.05) is 24.3 Å². The van der Waals surface area contributed by atoms with Crippen LogP contribution in [-0.4, -0.2) is 38.9 Å². The third-order valence-electron chi connectivity index (χ3n) is 4.05. The van der Waals surface area contributed by atoms with Crippen molar-refractivity contribution in [2.24, 2.45) is 0 Å². The van der Waals surface area contributed by atoms with E-state index < -0.39 is 10.0 Å². The fourth-order valence-corrected chi connectivity index (χ4v) is 4.22. The minimum atomic E-state index is -3.74. The highest BCUT2D eigenvalue weighted by Crippen LogP contribution is 2.24. The Morgan fingerprint density at radius 3 is 2.08 bits per heavy atom. The van der Waals surface area contributed by atoms with Gasteiger partial charge in [-0.2, -0.15) is 0 Å². The Morgan fingerprint density at radius 2 is 1.52 bits per heavy atom. The molecule has 0 fully saturated rings. The number of carbonyl (C=O) groups excluding carboxylic acids is 1. The first-order valence-corrected chi connectivity index (χ1v) is 9.86. The lowest BCUT2D eigenvalue weighted by molar-refractivity contribution is 0.0772. The largest absolute Gasteiger partial charge is 0.339 e. The summed E-state index contributed by atoms with van der Waals surface area (Å²) in [5.41, 5.74) is 0.986. The van der Waals surface area contributed by atoms with Crippen LogP contribution in [0.15, 0.2) is 59.5 Å². The van der Waals surface area contributed by atoms with Crippen molar-refractivity contribution in [1.82, 2.24) is 4.90 Å². The first-order chi connectivity index (χ1) is 12.0. The summed E-state index contributed by atoms with van der Waals surface area (Å²) in [6.45, 7) is 7.05. The number of carbonyl (C=O) groups is 1. The summed E-state index contributed by atoms with van der Waals surface area (Å²) in [5, 5.41) is 0. The molecule has 134 valence electrons. The highest BCUT2D eigenvalue weighted by molar-refractivity contribution is 7.92. The van der Waals surface area contributed by atoms with Gasteiger partial charge in [0.1, 0.15) is 0 Å². The van der Waals surface area contributed by atoms with Crippen LogP contribution in [0.1, 0.15) is 31.1 Å². The zero-order valence-corrected chi connectivity index (χ0v) is 15.7. The smallest absolute Gasteiger partial charge is 0.264 e. The number of hydrogen-bond donors (Lipinski definition) is 0. The van der Waals surface area contributed by atoms with Crippen molar-refractivity contribution in [3.8, 4) is 0 Å². The van der Waals surface area contributed by atoms with Gasteiger partial charge in [-0.25, -0.2) is 8.42 Å². The molecule has 0 unspecified atom stereocenters. The highest BCUT2D eigenvalue weighted by Gasteiger charge is 2.25. The standard InChI is InChI=1S/C19H24N2O3S/c1-4-20(5-2)19(22)16-11-10-14-18(15-16)25(23,24)21(6-3)17-12-8-7-9-13-17/h7-15H,4-6H2,1-3H3. The Bertz CT molecular complexity index is 816. The van der Waals surface area contributed by atoms with Gasteiger partial charge in [-0.05, 0) is 51.1 Å². The van der Waals surface area contributed by atoms with Gasteiger partial charge in [0.15, 0.2) is 0 Å². The van der Waals surface area contributed by atoms with Crippen molar-refractivity contribution >= 4 is 21.6 Å². The lowest BCUT2D eigenvalue weighted by Crippen LogP contribution is -2.32. The van der Waals surface area contributed by atoms with Gasteiger partial charge in [0.05, 0.1) is 10.6 Å². The molecule has 25 heavy (non-hydrogen) atoms. The van der Waals surface area contributed by atoms with E-state index in [1.165, 1.54) is 16.4 Å². The number of sulfonamides is 1. The van der Waals surface area contributed by atoms with E-state index in [4.69, 9.17) is 0 Å². The normalized spacial score (nSPS) is 11.2. The Labute approximate surface area is 149 Å². The van der Waals surface area contributed by atoms with E-state index in [9.17, 15) is 13.2 Å². The zero-order chi connectivity index (χ0) is 18.4. The van der Waals surface area contributed by atoms with Crippen molar-refractivity contribution < 1.29 is 13.2 Å². The second-order valence-electron chi connectivity index (χ2n) is 5.51.